The van der Waals surface area contributed by atoms with E-state index in [1.54, 1.807) is 0 Å². The molecule has 0 spiro atoms. The third-order valence-electron chi connectivity index (χ3n) is 2.93. The van der Waals surface area contributed by atoms with E-state index in [1.807, 2.05) is 47.3 Å². The van der Waals surface area contributed by atoms with Gasteiger partial charge in [0.05, 0.1) is 12.4 Å². The summed E-state index contributed by atoms with van der Waals surface area (Å²) < 4.78 is 1.84. The van der Waals surface area contributed by atoms with Gasteiger partial charge in [-0.05, 0) is 28.0 Å². The topological polar surface area (TPSA) is 87.5 Å². The summed E-state index contributed by atoms with van der Waals surface area (Å²) in [7, 11) is 0. The number of aromatic nitrogens is 2. The van der Waals surface area contributed by atoms with Crippen LogP contribution in [0.3, 0.4) is 0 Å². The van der Waals surface area contributed by atoms with Crippen molar-refractivity contribution < 1.29 is 4.57 Å². The number of nitrogens with one attached hydrogen (secondary N) is 1. The molecule has 3 N–H and O–H groups in total. The van der Waals surface area contributed by atoms with E-state index in [0.29, 0.717) is 10.7 Å². The average Bonchev–Trinajstić information content (AvgIpc) is 2.87. The predicted octanol–water partition coefficient (Wildman–Crippen LogP) is 1.06. The first-order chi connectivity index (χ1) is 10.6. The van der Waals surface area contributed by atoms with E-state index in [0.717, 1.165) is 22.1 Å². The van der Waals surface area contributed by atoms with Crippen molar-refractivity contribution in [2.45, 2.75) is 0 Å². The predicted molar refractivity (Wildman–Crippen MR) is 90.6 cm³/mol. The maximum Gasteiger partial charge on any atom is 0.390 e. The van der Waals surface area contributed by atoms with Crippen LogP contribution in [0.4, 0.5) is 0 Å². The van der Waals surface area contributed by atoms with Gasteiger partial charge in [0.2, 0.25) is 0 Å². The molecule has 2 heterocycles. The number of rotatable bonds is 3. The van der Waals surface area contributed by atoms with Crippen molar-refractivity contribution in [2.24, 2.45) is 15.9 Å². The highest BCUT2D eigenvalue weighted by molar-refractivity contribution is 7.77. The van der Waals surface area contributed by atoms with Crippen LogP contribution in [0.15, 0.2) is 57.7 Å². The minimum atomic E-state index is -0.174. The highest BCUT2D eigenvalue weighted by Gasteiger charge is 2.16. The number of pyridine rings is 1. The average molecular weight is 329 g/mol. The molecule has 0 unspecified atom stereocenters. The van der Waals surface area contributed by atoms with E-state index in [9.17, 15) is 4.79 Å². The second-order valence-corrected chi connectivity index (χ2v) is 5.82. The van der Waals surface area contributed by atoms with Gasteiger partial charge in [0, 0.05) is 5.39 Å². The molecule has 0 amide bonds. The second-order valence-electron chi connectivity index (χ2n) is 4.39. The number of hydrogen-bond acceptors (Lipinski definition) is 5. The lowest BCUT2D eigenvalue weighted by Gasteiger charge is -2.00. The van der Waals surface area contributed by atoms with E-state index in [-0.39, 0.29) is 10.0 Å². The van der Waals surface area contributed by atoms with Gasteiger partial charge in [-0.3, -0.25) is 0 Å². The number of aromatic amines is 1. The Bertz CT molecular complexity index is 938. The van der Waals surface area contributed by atoms with Gasteiger partial charge in [-0.15, -0.1) is 0 Å². The second kappa shape index (κ2) is 6.04. The Kier molecular flexibility index (Phi) is 3.94. The smallest absolute Gasteiger partial charge is 0.390 e. The quantitative estimate of drug-likeness (QED) is 0.248. The van der Waals surface area contributed by atoms with Gasteiger partial charge in [0.1, 0.15) is 11.1 Å². The maximum absolute atomic E-state index is 11.7. The number of hydrogen-bond donors (Lipinski definition) is 2. The molecule has 0 saturated heterocycles. The lowest BCUT2D eigenvalue weighted by atomic mass is 10.2. The molecular weight excluding hydrogens is 318 g/mol. The van der Waals surface area contributed by atoms with E-state index in [1.165, 1.54) is 6.21 Å². The third kappa shape index (κ3) is 3.02. The molecule has 6 nitrogen and oxygen atoms in total. The fourth-order valence-corrected chi connectivity index (χ4v) is 2.77. The molecule has 3 rings (SSSR count). The molecule has 22 heavy (non-hydrogen) atoms. The number of fused-ring (bicyclic) bond motifs is 1. The van der Waals surface area contributed by atoms with E-state index < -0.39 is 0 Å². The molecule has 0 aliphatic rings. The van der Waals surface area contributed by atoms with Gasteiger partial charge < -0.3 is 18.4 Å². The summed E-state index contributed by atoms with van der Waals surface area (Å²) in [4.78, 5) is 14.9. The SMILES string of the molecule is N/C([S-])=N/N=C/c1sc(=O)[nH]c1-[n+]1ccc2ccccc2c1. The van der Waals surface area contributed by atoms with Crippen LogP contribution in [0.25, 0.3) is 16.6 Å². The van der Waals surface area contributed by atoms with Crippen LogP contribution in [0.1, 0.15) is 4.88 Å². The van der Waals surface area contributed by atoms with Crippen LogP contribution < -0.4 is 15.2 Å². The van der Waals surface area contributed by atoms with E-state index in [4.69, 9.17) is 5.73 Å². The van der Waals surface area contributed by atoms with Gasteiger partial charge in [-0.2, -0.15) is 15.2 Å². The number of amidine groups is 1. The lowest BCUT2D eigenvalue weighted by Crippen LogP contribution is -2.31. The van der Waals surface area contributed by atoms with Crippen LogP contribution in [0.5, 0.6) is 0 Å². The Morgan fingerprint density at radius 3 is 2.86 bits per heavy atom. The molecule has 0 radical (unpaired) electrons. The summed E-state index contributed by atoms with van der Waals surface area (Å²) in [5, 5.41) is 9.48. The molecule has 0 bridgehead atoms. The fraction of sp³-hybridized carbons (Fsp3) is 0. The van der Waals surface area contributed by atoms with Crippen LogP contribution >= 0.6 is 11.3 Å². The molecular formula is C14H11N5OS2. The molecule has 0 atom stereocenters. The van der Waals surface area contributed by atoms with Crippen molar-refractivity contribution in [3.8, 4) is 5.82 Å². The van der Waals surface area contributed by atoms with Gasteiger partial charge in [0.15, 0.2) is 0 Å². The zero-order valence-corrected chi connectivity index (χ0v) is 12.9. The summed E-state index contributed by atoms with van der Waals surface area (Å²) >= 11 is 5.66. The summed E-state index contributed by atoms with van der Waals surface area (Å²) in [6.07, 6.45) is 5.27. The van der Waals surface area contributed by atoms with Crippen molar-refractivity contribution in [3.05, 3.63) is 57.3 Å². The highest BCUT2D eigenvalue weighted by Crippen LogP contribution is 2.12. The standard InChI is InChI=1S/C14H11N5OS2/c15-13(21)18-16-7-11-12(17-14(20)22-11)19-6-5-9-3-1-2-4-10(9)8-19/h1-8H,(H3-,15,16,17,18,20,21). The van der Waals surface area contributed by atoms with Crippen LogP contribution in [-0.4, -0.2) is 16.4 Å². The van der Waals surface area contributed by atoms with Gasteiger partial charge in [-0.25, -0.2) is 9.36 Å². The number of thiazole rings is 1. The molecule has 110 valence electrons. The Morgan fingerprint density at radius 1 is 1.32 bits per heavy atom. The Morgan fingerprint density at radius 2 is 2.09 bits per heavy atom. The van der Waals surface area contributed by atoms with Crippen molar-refractivity contribution in [1.29, 1.82) is 0 Å². The van der Waals surface area contributed by atoms with Crippen molar-refractivity contribution >= 4 is 46.1 Å². The molecule has 8 heteroatoms. The zero-order chi connectivity index (χ0) is 15.5. The molecule has 1 aromatic carbocycles. The number of nitrogens with two attached hydrogens (primary N) is 1. The number of H-pyrrole nitrogens is 1. The Labute approximate surface area is 135 Å². The number of nitrogens with zero attached hydrogens (tertiary/aromatic N) is 3. The summed E-state index contributed by atoms with van der Waals surface area (Å²) in [5.41, 5.74) is 5.25. The fourth-order valence-electron chi connectivity index (χ4n) is 2.02. The molecule has 0 aliphatic carbocycles. The Hall–Kier alpha value is -2.58. The maximum atomic E-state index is 11.7. The van der Waals surface area contributed by atoms with Crippen molar-refractivity contribution in [1.82, 2.24) is 4.98 Å². The molecule has 0 fully saturated rings. The van der Waals surface area contributed by atoms with E-state index >= 15 is 0 Å². The summed E-state index contributed by atoms with van der Waals surface area (Å²) in [5.74, 6) is 0.627. The summed E-state index contributed by atoms with van der Waals surface area (Å²) in [6.45, 7) is 0. The van der Waals surface area contributed by atoms with Gasteiger partial charge >= 0.3 is 10.7 Å². The van der Waals surface area contributed by atoms with E-state index in [2.05, 4.69) is 27.8 Å². The van der Waals surface area contributed by atoms with Gasteiger partial charge in [0.25, 0.3) is 0 Å². The van der Waals surface area contributed by atoms with Crippen LogP contribution in [0, 0.1) is 0 Å². The molecule has 0 saturated carbocycles. The first-order valence-corrected chi connectivity index (χ1v) is 7.53. The lowest BCUT2D eigenvalue weighted by molar-refractivity contribution is -0.597. The third-order valence-corrected chi connectivity index (χ3v) is 3.82. The molecule has 3 aromatic rings. The van der Waals surface area contributed by atoms with Crippen molar-refractivity contribution in [3.63, 3.8) is 0 Å². The minimum Gasteiger partial charge on any atom is -0.741 e. The zero-order valence-electron chi connectivity index (χ0n) is 11.3. The first-order valence-electron chi connectivity index (χ1n) is 6.30. The summed E-state index contributed by atoms with van der Waals surface area (Å²) in [6, 6.07) is 9.96. The normalized spacial score (nSPS) is 12.3. The first kappa shape index (κ1) is 14.4. The Balaban J connectivity index is 2.08. The highest BCUT2D eigenvalue weighted by atomic mass is 32.1. The molecule has 2 aromatic heterocycles. The molecule has 0 aliphatic heterocycles. The number of benzene rings is 1. The minimum absolute atomic E-state index is 0.0564. The van der Waals surface area contributed by atoms with Crippen LogP contribution in [0.2, 0.25) is 0 Å². The van der Waals surface area contributed by atoms with Crippen molar-refractivity contribution in [2.75, 3.05) is 0 Å². The van der Waals surface area contributed by atoms with Crippen LogP contribution in [-0.2, 0) is 12.6 Å². The largest absolute Gasteiger partial charge is 0.741 e. The van der Waals surface area contributed by atoms with Gasteiger partial charge in [-0.1, -0.05) is 24.3 Å². The monoisotopic (exact) mass is 329 g/mol.